The van der Waals surface area contributed by atoms with E-state index >= 15 is 0 Å². The first-order valence-corrected chi connectivity index (χ1v) is 9.70. The van der Waals surface area contributed by atoms with Gasteiger partial charge in [0.2, 0.25) is 0 Å². The number of aryl methyl sites for hydroxylation is 1. The number of amides is 1. The third kappa shape index (κ3) is 3.41. The van der Waals surface area contributed by atoms with Crippen LogP contribution < -0.4 is 0 Å². The molecule has 0 unspecified atom stereocenters. The van der Waals surface area contributed by atoms with Crippen molar-refractivity contribution in [3.63, 3.8) is 0 Å². The summed E-state index contributed by atoms with van der Waals surface area (Å²) in [5.41, 5.74) is 1.99. The predicted octanol–water partition coefficient (Wildman–Crippen LogP) is 4.02. The molecule has 0 spiro atoms. The molecule has 0 radical (unpaired) electrons. The van der Waals surface area contributed by atoms with Crippen molar-refractivity contribution in [2.75, 3.05) is 0 Å². The van der Waals surface area contributed by atoms with Crippen LogP contribution in [-0.2, 0) is 16.6 Å². The van der Waals surface area contributed by atoms with Crippen LogP contribution in [-0.4, -0.2) is 36.8 Å². The molecule has 2 aromatic rings. The zero-order valence-corrected chi connectivity index (χ0v) is 16.3. The highest BCUT2D eigenvalue weighted by molar-refractivity contribution is 8.26. The number of hydrogen-bond acceptors (Lipinski definition) is 4. The number of carboxylic acids is 1. The molecule has 1 aliphatic heterocycles. The van der Waals surface area contributed by atoms with Gasteiger partial charge in [-0.25, -0.2) is 4.79 Å². The van der Waals surface area contributed by atoms with Gasteiger partial charge < -0.3 is 9.67 Å². The Bertz CT molecular complexity index is 917. The Balaban J connectivity index is 1.95. The third-order valence-electron chi connectivity index (χ3n) is 4.47. The molecule has 1 atom stereocenters. The van der Waals surface area contributed by atoms with Crippen molar-refractivity contribution in [3.8, 4) is 0 Å². The highest BCUT2D eigenvalue weighted by atomic mass is 32.2. The van der Waals surface area contributed by atoms with Gasteiger partial charge in [0.25, 0.3) is 5.91 Å². The number of nitrogens with zero attached hydrogens (tertiary/aromatic N) is 2. The Hall–Kier alpha value is -2.12. The Morgan fingerprint density at radius 3 is 2.81 bits per heavy atom. The summed E-state index contributed by atoms with van der Waals surface area (Å²) in [6, 6.07) is 7.04. The van der Waals surface area contributed by atoms with Crippen molar-refractivity contribution in [2.45, 2.75) is 32.2 Å². The van der Waals surface area contributed by atoms with E-state index in [1.807, 2.05) is 49.0 Å². The number of fused-ring (bicyclic) bond motifs is 1. The van der Waals surface area contributed by atoms with Crippen molar-refractivity contribution in [3.05, 3.63) is 40.9 Å². The van der Waals surface area contributed by atoms with Gasteiger partial charge in [0.1, 0.15) is 10.4 Å². The molecule has 0 saturated carbocycles. The van der Waals surface area contributed by atoms with Crippen molar-refractivity contribution in [1.82, 2.24) is 9.47 Å². The Morgan fingerprint density at radius 1 is 1.38 bits per heavy atom. The summed E-state index contributed by atoms with van der Waals surface area (Å²) >= 11 is 6.49. The van der Waals surface area contributed by atoms with Crippen LogP contribution in [0.4, 0.5) is 0 Å². The van der Waals surface area contributed by atoms with Crippen molar-refractivity contribution in [2.24, 2.45) is 7.05 Å². The lowest BCUT2D eigenvalue weighted by Crippen LogP contribution is -2.43. The number of hydrogen-bond donors (Lipinski definition) is 1. The molecule has 136 valence electrons. The highest BCUT2D eigenvalue weighted by Gasteiger charge is 2.40. The lowest BCUT2D eigenvalue weighted by Gasteiger charge is -2.22. The molecule has 1 amide bonds. The maximum atomic E-state index is 12.9. The largest absolute Gasteiger partial charge is 0.480 e. The monoisotopic (exact) mass is 388 g/mol. The standard InChI is InChI=1S/C19H20N2O3S2/c1-3-4-8-15(18(23)24)21-17(22)16(26-19(21)25)10-12-11-20(2)14-9-6-5-7-13(12)14/h5-7,9-11,15H,3-4,8H2,1-2H3,(H,23,24)/b16-10-/t15-/m0/s1. The minimum atomic E-state index is -1.01. The number of thioether (sulfide) groups is 1. The van der Waals surface area contributed by atoms with E-state index in [-0.39, 0.29) is 5.91 Å². The number of rotatable bonds is 6. The molecular formula is C19H20N2O3S2. The second-order valence-electron chi connectivity index (χ2n) is 6.26. The number of aromatic nitrogens is 1. The van der Waals surface area contributed by atoms with Crippen LogP contribution in [0, 0.1) is 0 Å². The summed E-state index contributed by atoms with van der Waals surface area (Å²) in [6.07, 6.45) is 5.77. The molecule has 1 aromatic heterocycles. The van der Waals surface area contributed by atoms with Crippen LogP contribution in [0.3, 0.4) is 0 Å². The van der Waals surface area contributed by atoms with Crippen LogP contribution in [0.25, 0.3) is 17.0 Å². The normalized spacial score (nSPS) is 17.5. The molecule has 1 aromatic carbocycles. The average Bonchev–Trinajstić information content (AvgIpc) is 3.07. The van der Waals surface area contributed by atoms with Gasteiger partial charge in [0.15, 0.2) is 0 Å². The fourth-order valence-electron chi connectivity index (χ4n) is 3.14. The predicted molar refractivity (Wildman–Crippen MR) is 109 cm³/mol. The maximum absolute atomic E-state index is 12.9. The number of carboxylic acid groups (broad SMARTS) is 1. The Labute approximate surface area is 161 Å². The lowest BCUT2D eigenvalue weighted by molar-refractivity contribution is -0.145. The van der Waals surface area contributed by atoms with Crippen LogP contribution in [0.15, 0.2) is 35.4 Å². The molecule has 2 heterocycles. The lowest BCUT2D eigenvalue weighted by atomic mass is 10.1. The molecule has 3 rings (SSSR count). The van der Waals surface area contributed by atoms with Crippen LogP contribution in [0.1, 0.15) is 31.7 Å². The molecular weight excluding hydrogens is 368 g/mol. The molecule has 1 fully saturated rings. The summed E-state index contributed by atoms with van der Waals surface area (Å²) < 4.78 is 2.31. The number of aliphatic carboxylic acids is 1. The topological polar surface area (TPSA) is 62.5 Å². The zero-order valence-electron chi connectivity index (χ0n) is 14.6. The number of benzene rings is 1. The highest BCUT2D eigenvalue weighted by Crippen LogP contribution is 2.36. The van der Waals surface area contributed by atoms with Crippen LogP contribution in [0.2, 0.25) is 0 Å². The molecule has 1 N–H and O–H groups in total. The van der Waals surface area contributed by atoms with Gasteiger partial charge in [-0.15, -0.1) is 0 Å². The van der Waals surface area contributed by atoms with Crippen molar-refractivity contribution in [1.29, 1.82) is 0 Å². The van der Waals surface area contributed by atoms with E-state index in [9.17, 15) is 14.7 Å². The minimum Gasteiger partial charge on any atom is -0.480 e. The molecule has 26 heavy (non-hydrogen) atoms. The first-order valence-electron chi connectivity index (χ1n) is 8.48. The average molecular weight is 389 g/mol. The van der Waals surface area contributed by atoms with Crippen LogP contribution in [0.5, 0.6) is 0 Å². The SMILES string of the molecule is CCCC[C@@H](C(=O)O)N1C(=O)/C(=C/c2cn(C)c3ccccc23)SC1=S. The van der Waals surface area contributed by atoms with Gasteiger partial charge in [-0.3, -0.25) is 9.69 Å². The summed E-state index contributed by atoms with van der Waals surface area (Å²) in [5, 5.41) is 10.6. The first-order chi connectivity index (χ1) is 12.4. The van der Waals surface area contributed by atoms with E-state index in [1.165, 1.54) is 16.7 Å². The van der Waals surface area contributed by atoms with E-state index in [0.717, 1.165) is 29.3 Å². The third-order valence-corrected chi connectivity index (χ3v) is 5.80. The summed E-state index contributed by atoms with van der Waals surface area (Å²) in [7, 11) is 1.95. The summed E-state index contributed by atoms with van der Waals surface area (Å²) in [6.45, 7) is 1.99. The molecule has 1 aliphatic rings. The quantitative estimate of drug-likeness (QED) is 0.598. The van der Waals surface area contributed by atoms with E-state index in [4.69, 9.17) is 12.2 Å². The molecule has 0 bridgehead atoms. The summed E-state index contributed by atoms with van der Waals surface area (Å²) in [5.74, 6) is -1.34. The summed E-state index contributed by atoms with van der Waals surface area (Å²) in [4.78, 5) is 26.2. The van der Waals surface area contributed by atoms with Crippen LogP contribution >= 0.6 is 24.0 Å². The minimum absolute atomic E-state index is 0.310. The smallest absolute Gasteiger partial charge is 0.326 e. The number of para-hydroxylation sites is 1. The first kappa shape index (κ1) is 18.7. The number of unbranched alkanes of at least 4 members (excludes halogenated alkanes) is 1. The Morgan fingerprint density at radius 2 is 2.12 bits per heavy atom. The second kappa shape index (κ2) is 7.63. The van der Waals surface area contributed by atoms with Crippen molar-refractivity contribution < 1.29 is 14.7 Å². The van der Waals surface area contributed by atoms with E-state index in [0.29, 0.717) is 15.6 Å². The van der Waals surface area contributed by atoms with Gasteiger partial charge >= 0.3 is 5.97 Å². The van der Waals surface area contributed by atoms with Gasteiger partial charge in [-0.2, -0.15) is 0 Å². The molecule has 0 aliphatic carbocycles. The van der Waals surface area contributed by atoms with Gasteiger partial charge in [0.05, 0.1) is 4.91 Å². The van der Waals surface area contributed by atoms with Gasteiger partial charge in [0, 0.05) is 29.7 Å². The van der Waals surface area contributed by atoms with Crippen molar-refractivity contribution >= 4 is 57.2 Å². The Kier molecular flexibility index (Phi) is 5.48. The molecule has 1 saturated heterocycles. The fourth-order valence-corrected chi connectivity index (χ4v) is 4.49. The number of carbonyl (C=O) groups is 2. The van der Waals surface area contributed by atoms with Gasteiger partial charge in [-0.05, 0) is 18.6 Å². The number of thiocarbonyl (C=S) groups is 1. The van der Waals surface area contributed by atoms with E-state index in [1.54, 1.807) is 6.08 Å². The number of carbonyl (C=O) groups excluding carboxylic acids is 1. The van der Waals surface area contributed by atoms with Gasteiger partial charge in [-0.1, -0.05) is 61.9 Å². The van der Waals surface area contributed by atoms with E-state index < -0.39 is 12.0 Å². The zero-order chi connectivity index (χ0) is 18.8. The fraction of sp³-hybridized carbons (Fsp3) is 0.316. The molecule has 7 heteroatoms. The van der Waals surface area contributed by atoms with E-state index in [2.05, 4.69) is 0 Å². The molecule has 5 nitrogen and oxygen atoms in total. The second-order valence-corrected chi connectivity index (χ2v) is 7.94. The maximum Gasteiger partial charge on any atom is 0.326 e.